The van der Waals surface area contributed by atoms with Crippen LogP contribution in [0.1, 0.15) is 12.5 Å². The zero-order valence-corrected chi connectivity index (χ0v) is 19.0. The van der Waals surface area contributed by atoms with Gasteiger partial charge in [0.1, 0.15) is 0 Å². The number of hydrogen-bond acceptors (Lipinski definition) is 9. The molecule has 3 aromatic carbocycles. The van der Waals surface area contributed by atoms with Crippen molar-refractivity contribution in [3.63, 3.8) is 0 Å². The molecule has 0 radical (unpaired) electrons. The van der Waals surface area contributed by atoms with Crippen LogP contribution in [0.2, 0.25) is 0 Å². The number of nitrogens with zero attached hydrogens (tertiary/aromatic N) is 4. The highest BCUT2D eigenvalue weighted by Crippen LogP contribution is 2.20. The van der Waals surface area contributed by atoms with E-state index >= 15 is 0 Å². The zero-order chi connectivity index (χ0) is 24.0. The summed E-state index contributed by atoms with van der Waals surface area (Å²) in [6.07, 6.45) is 0. The molecule has 0 spiro atoms. The van der Waals surface area contributed by atoms with Gasteiger partial charge in [0.05, 0.1) is 10.6 Å². The van der Waals surface area contributed by atoms with Gasteiger partial charge in [-0.05, 0) is 48.9 Å². The van der Waals surface area contributed by atoms with E-state index in [0.29, 0.717) is 11.6 Å². The first-order chi connectivity index (χ1) is 16.4. The number of benzene rings is 3. The molecule has 0 amide bonds. The SMILES string of the molecule is C/C(=N\Nc1nc(Nc2ccccc2)nc(Nc2ccc(S(N)(=O)=O)cc2)n1)c1ccccc1. The molecular formula is C23H22N8O2S. The fourth-order valence-electron chi connectivity index (χ4n) is 2.92. The lowest BCUT2D eigenvalue weighted by atomic mass is 10.1. The zero-order valence-electron chi connectivity index (χ0n) is 18.2. The van der Waals surface area contributed by atoms with Crippen molar-refractivity contribution in [1.29, 1.82) is 0 Å². The lowest BCUT2D eigenvalue weighted by Crippen LogP contribution is -2.12. The summed E-state index contributed by atoms with van der Waals surface area (Å²) >= 11 is 0. The van der Waals surface area contributed by atoms with Crippen LogP contribution < -0.4 is 21.2 Å². The number of aromatic nitrogens is 3. The van der Waals surface area contributed by atoms with E-state index in [2.05, 4.69) is 36.1 Å². The van der Waals surface area contributed by atoms with Gasteiger partial charge in [-0.25, -0.2) is 19.0 Å². The second kappa shape index (κ2) is 10.1. The highest BCUT2D eigenvalue weighted by molar-refractivity contribution is 7.89. The summed E-state index contributed by atoms with van der Waals surface area (Å²) in [6.45, 7) is 1.87. The molecule has 34 heavy (non-hydrogen) atoms. The van der Waals surface area contributed by atoms with Crippen LogP contribution in [0, 0.1) is 0 Å². The van der Waals surface area contributed by atoms with Gasteiger partial charge in [0.25, 0.3) is 0 Å². The van der Waals surface area contributed by atoms with Crippen molar-refractivity contribution in [3.05, 3.63) is 90.5 Å². The average molecular weight is 475 g/mol. The summed E-state index contributed by atoms with van der Waals surface area (Å²) in [7, 11) is -3.78. The van der Waals surface area contributed by atoms with E-state index in [-0.39, 0.29) is 16.8 Å². The van der Waals surface area contributed by atoms with Gasteiger partial charge in [0, 0.05) is 11.4 Å². The third-order valence-corrected chi connectivity index (χ3v) is 5.55. The molecule has 1 heterocycles. The first-order valence-corrected chi connectivity index (χ1v) is 11.8. The van der Waals surface area contributed by atoms with Crippen LogP contribution in [-0.2, 0) is 10.0 Å². The second-order valence-corrected chi connectivity index (χ2v) is 8.73. The van der Waals surface area contributed by atoms with Crippen molar-refractivity contribution in [2.24, 2.45) is 10.2 Å². The maximum atomic E-state index is 11.5. The molecule has 0 aliphatic rings. The van der Waals surface area contributed by atoms with Gasteiger partial charge in [-0.2, -0.15) is 20.1 Å². The average Bonchev–Trinajstić information content (AvgIpc) is 2.83. The molecule has 1 aromatic heterocycles. The molecule has 0 atom stereocenters. The first-order valence-electron chi connectivity index (χ1n) is 10.2. The van der Waals surface area contributed by atoms with Crippen molar-refractivity contribution < 1.29 is 8.42 Å². The van der Waals surface area contributed by atoms with Crippen LogP contribution in [0.15, 0.2) is 94.9 Å². The van der Waals surface area contributed by atoms with Crippen LogP contribution in [0.4, 0.5) is 29.2 Å². The summed E-state index contributed by atoms with van der Waals surface area (Å²) in [5, 5.41) is 15.7. The Morgan fingerprint density at radius 2 is 1.24 bits per heavy atom. The van der Waals surface area contributed by atoms with E-state index in [4.69, 9.17) is 5.14 Å². The molecule has 0 aliphatic carbocycles. The van der Waals surface area contributed by atoms with Gasteiger partial charge in [-0.15, -0.1) is 0 Å². The molecule has 0 saturated carbocycles. The number of anilines is 5. The van der Waals surface area contributed by atoms with E-state index in [1.54, 1.807) is 12.1 Å². The lowest BCUT2D eigenvalue weighted by molar-refractivity contribution is 0.598. The summed E-state index contributed by atoms with van der Waals surface area (Å²) in [6, 6.07) is 25.1. The first kappa shape index (κ1) is 22.8. The minimum Gasteiger partial charge on any atom is -0.324 e. The largest absolute Gasteiger partial charge is 0.324 e. The van der Waals surface area contributed by atoms with E-state index in [1.807, 2.05) is 67.6 Å². The van der Waals surface area contributed by atoms with Crippen LogP contribution in [0.5, 0.6) is 0 Å². The quantitative estimate of drug-likeness (QED) is 0.222. The Morgan fingerprint density at radius 1 is 0.735 bits per heavy atom. The Kier molecular flexibility index (Phi) is 6.76. The van der Waals surface area contributed by atoms with E-state index in [1.165, 1.54) is 12.1 Å². The molecule has 172 valence electrons. The number of hydrazone groups is 1. The molecule has 4 aromatic rings. The standard InChI is InChI=1S/C23H22N8O2S/c1-16(17-8-4-2-5-9-17)30-31-23-28-21(25-18-10-6-3-7-11-18)27-22(29-23)26-19-12-14-20(15-13-19)34(24,32)33/h2-15H,1H3,(H2,24,32,33)(H3,25,26,27,28,29,31)/b30-16+. The van der Waals surface area contributed by atoms with Crippen LogP contribution in [0.25, 0.3) is 0 Å². The molecule has 0 aliphatic heterocycles. The normalized spacial score (nSPS) is 11.6. The number of hydrogen-bond donors (Lipinski definition) is 4. The number of nitrogens with one attached hydrogen (secondary N) is 3. The number of primary sulfonamides is 1. The minimum atomic E-state index is -3.78. The van der Waals surface area contributed by atoms with E-state index in [9.17, 15) is 8.42 Å². The van der Waals surface area contributed by atoms with Gasteiger partial charge >= 0.3 is 0 Å². The topological polar surface area (TPSA) is 147 Å². The number of nitrogens with two attached hydrogens (primary N) is 1. The van der Waals surface area contributed by atoms with Crippen LogP contribution >= 0.6 is 0 Å². The minimum absolute atomic E-state index is 0.00760. The number of sulfonamides is 1. The number of para-hydroxylation sites is 1. The second-order valence-electron chi connectivity index (χ2n) is 7.17. The van der Waals surface area contributed by atoms with E-state index < -0.39 is 10.0 Å². The Morgan fingerprint density at radius 3 is 1.79 bits per heavy atom. The Labute approximate surface area is 197 Å². The molecule has 0 bridgehead atoms. The third kappa shape index (κ3) is 6.12. The molecule has 10 nitrogen and oxygen atoms in total. The highest BCUT2D eigenvalue weighted by Gasteiger charge is 2.10. The molecule has 0 unspecified atom stereocenters. The van der Waals surface area contributed by atoms with Gasteiger partial charge in [-0.3, -0.25) is 0 Å². The molecule has 11 heteroatoms. The highest BCUT2D eigenvalue weighted by atomic mass is 32.2. The summed E-state index contributed by atoms with van der Waals surface area (Å²) < 4.78 is 23.0. The fourth-order valence-corrected chi connectivity index (χ4v) is 3.44. The predicted octanol–water partition coefficient (Wildman–Crippen LogP) is 3.84. The van der Waals surface area contributed by atoms with Gasteiger partial charge < -0.3 is 10.6 Å². The smallest absolute Gasteiger partial charge is 0.250 e. The maximum absolute atomic E-state index is 11.5. The fraction of sp³-hybridized carbons (Fsp3) is 0.0435. The van der Waals surface area contributed by atoms with Gasteiger partial charge in [-0.1, -0.05) is 48.5 Å². The molecule has 4 rings (SSSR count). The van der Waals surface area contributed by atoms with Crippen LogP contribution in [-0.4, -0.2) is 29.1 Å². The Balaban J connectivity index is 1.61. The van der Waals surface area contributed by atoms with Crippen molar-refractivity contribution in [2.75, 3.05) is 16.1 Å². The maximum Gasteiger partial charge on any atom is 0.250 e. The molecule has 5 N–H and O–H groups in total. The van der Waals surface area contributed by atoms with Gasteiger partial charge in [0.2, 0.25) is 27.9 Å². The molecule has 0 saturated heterocycles. The Hall–Kier alpha value is -4.35. The van der Waals surface area contributed by atoms with Gasteiger partial charge in [0.15, 0.2) is 0 Å². The van der Waals surface area contributed by atoms with E-state index in [0.717, 1.165) is 17.0 Å². The Bertz CT molecular complexity index is 1390. The van der Waals surface area contributed by atoms with Crippen molar-refractivity contribution in [2.45, 2.75) is 11.8 Å². The number of rotatable bonds is 8. The summed E-state index contributed by atoms with van der Waals surface area (Å²) in [5.41, 5.74) is 5.96. The monoisotopic (exact) mass is 474 g/mol. The molecule has 0 fully saturated rings. The lowest BCUT2D eigenvalue weighted by Gasteiger charge is -2.11. The van der Waals surface area contributed by atoms with Crippen LogP contribution in [0.3, 0.4) is 0 Å². The van der Waals surface area contributed by atoms with Crippen molar-refractivity contribution in [1.82, 2.24) is 15.0 Å². The predicted molar refractivity (Wildman–Crippen MR) is 133 cm³/mol. The summed E-state index contributed by atoms with van der Waals surface area (Å²) in [4.78, 5) is 13.2. The summed E-state index contributed by atoms with van der Waals surface area (Å²) in [5.74, 6) is 0.735. The third-order valence-electron chi connectivity index (χ3n) is 4.62. The van der Waals surface area contributed by atoms with Crippen molar-refractivity contribution >= 4 is 45.0 Å². The van der Waals surface area contributed by atoms with Crippen molar-refractivity contribution in [3.8, 4) is 0 Å². The molecular weight excluding hydrogens is 452 g/mol.